The number of hydrogen-bond donors (Lipinski definition) is 1. The lowest BCUT2D eigenvalue weighted by molar-refractivity contribution is -0.124. The Morgan fingerprint density at radius 3 is 2.33 bits per heavy atom. The second-order valence-corrected chi connectivity index (χ2v) is 5.39. The highest BCUT2D eigenvalue weighted by molar-refractivity contribution is 5.94. The van der Waals surface area contributed by atoms with Crippen LogP contribution in [0.2, 0.25) is 0 Å². The Bertz CT molecular complexity index is 558. The number of carbonyl (C=O) groups excluding carboxylic acids is 2. The minimum atomic E-state index is -0.918. The van der Waals surface area contributed by atoms with Gasteiger partial charge in [-0.05, 0) is 44.0 Å². The molecule has 0 fully saturated rings. The molecule has 0 aliphatic carbocycles. The number of ketones is 1. The summed E-state index contributed by atoms with van der Waals surface area (Å²) in [5.41, 5.74) is -0.331. The Kier molecular flexibility index (Phi) is 5.48. The number of carbonyl (C=O) groups is 2. The van der Waals surface area contributed by atoms with Crippen molar-refractivity contribution < 1.29 is 14.3 Å². The van der Waals surface area contributed by atoms with Gasteiger partial charge in [0.25, 0.3) is 5.91 Å². The highest BCUT2D eigenvalue weighted by atomic mass is 16.5. The van der Waals surface area contributed by atoms with E-state index in [1.54, 1.807) is 31.2 Å². The van der Waals surface area contributed by atoms with E-state index in [2.05, 4.69) is 11.4 Å². The molecule has 0 heterocycles. The fourth-order valence-corrected chi connectivity index (χ4v) is 1.56. The SMILES string of the molecule is CC(=O)c1ccc(OCC(=O)N[C@@](C)(C#N)C(C)C)cc1. The van der Waals surface area contributed by atoms with Gasteiger partial charge in [0.15, 0.2) is 12.4 Å². The summed E-state index contributed by atoms with van der Waals surface area (Å²) in [6.45, 7) is 6.72. The van der Waals surface area contributed by atoms with Crippen molar-refractivity contribution in [2.24, 2.45) is 5.92 Å². The van der Waals surface area contributed by atoms with E-state index < -0.39 is 5.54 Å². The zero-order chi connectivity index (χ0) is 16.0. The van der Waals surface area contributed by atoms with Gasteiger partial charge in [-0.25, -0.2) is 0 Å². The maximum absolute atomic E-state index is 11.8. The number of nitriles is 1. The highest BCUT2D eigenvalue weighted by Gasteiger charge is 2.29. The number of benzene rings is 1. The van der Waals surface area contributed by atoms with E-state index in [1.165, 1.54) is 6.92 Å². The number of nitrogens with zero attached hydrogens (tertiary/aromatic N) is 1. The van der Waals surface area contributed by atoms with Crippen LogP contribution in [0.5, 0.6) is 5.75 Å². The first kappa shape index (κ1) is 16.7. The molecule has 0 aliphatic rings. The van der Waals surface area contributed by atoms with Crippen LogP contribution in [0.25, 0.3) is 0 Å². The zero-order valence-corrected chi connectivity index (χ0v) is 12.8. The van der Waals surface area contributed by atoms with Gasteiger partial charge in [0, 0.05) is 5.56 Å². The summed E-state index contributed by atoms with van der Waals surface area (Å²) in [6.07, 6.45) is 0. The van der Waals surface area contributed by atoms with Gasteiger partial charge in [0.05, 0.1) is 6.07 Å². The second kappa shape index (κ2) is 6.89. The van der Waals surface area contributed by atoms with Crippen molar-refractivity contribution in [3.63, 3.8) is 0 Å². The van der Waals surface area contributed by atoms with Gasteiger partial charge in [-0.3, -0.25) is 9.59 Å². The van der Waals surface area contributed by atoms with Crippen LogP contribution in [0, 0.1) is 17.2 Å². The van der Waals surface area contributed by atoms with Crippen LogP contribution in [0.3, 0.4) is 0 Å². The minimum Gasteiger partial charge on any atom is -0.484 e. The molecule has 1 amide bonds. The van der Waals surface area contributed by atoms with E-state index in [0.29, 0.717) is 11.3 Å². The van der Waals surface area contributed by atoms with E-state index >= 15 is 0 Å². The quantitative estimate of drug-likeness (QED) is 0.815. The Hall–Kier alpha value is -2.35. The van der Waals surface area contributed by atoms with Gasteiger partial charge in [0.2, 0.25) is 0 Å². The third-order valence-corrected chi connectivity index (χ3v) is 3.42. The maximum Gasteiger partial charge on any atom is 0.259 e. The summed E-state index contributed by atoms with van der Waals surface area (Å²) >= 11 is 0. The molecule has 1 aromatic rings. The highest BCUT2D eigenvalue weighted by Crippen LogP contribution is 2.15. The van der Waals surface area contributed by atoms with Crippen LogP contribution in [0.15, 0.2) is 24.3 Å². The number of amides is 1. The zero-order valence-electron chi connectivity index (χ0n) is 12.8. The number of ether oxygens (including phenoxy) is 1. The lowest BCUT2D eigenvalue weighted by Gasteiger charge is -2.27. The predicted molar refractivity (Wildman–Crippen MR) is 78.9 cm³/mol. The summed E-state index contributed by atoms with van der Waals surface area (Å²) in [7, 11) is 0. The van der Waals surface area contributed by atoms with Gasteiger partial charge in [-0.15, -0.1) is 0 Å². The summed E-state index contributed by atoms with van der Waals surface area (Å²) in [5, 5.41) is 11.8. The molecule has 5 heteroatoms. The van der Waals surface area contributed by atoms with Crippen molar-refractivity contribution in [1.82, 2.24) is 5.32 Å². The molecule has 0 aliphatic heterocycles. The lowest BCUT2D eigenvalue weighted by atomic mass is 9.90. The van der Waals surface area contributed by atoms with Crippen LogP contribution in [-0.2, 0) is 4.79 Å². The number of Topliss-reactive ketones (excluding diaryl/α,β-unsaturated/α-hetero) is 1. The van der Waals surface area contributed by atoms with E-state index in [9.17, 15) is 9.59 Å². The molecule has 0 unspecified atom stereocenters. The van der Waals surface area contributed by atoms with Crippen LogP contribution in [0.1, 0.15) is 38.1 Å². The van der Waals surface area contributed by atoms with Gasteiger partial charge in [0.1, 0.15) is 11.3 Å². The fourth-order valence-electron chi connectivity index (χ4n) is 1.56. The van der Waals surface area contributed by atoms with Crippen molar-refractivity contribution in [1.29, 1.82) is 5.26 Å². The molecule has 112 valence electrons. The Balaban J connectivity index is 2.57. The van der Waals surface area contributed by atoms with Crippen LogP contribution in [0.4, 0.5) is 0 Å². The van der Waals surface area contributed by atoms with Gasteiger partial charge in [-0.2, -0.15) is 5.26 Å². The third kappa shape index (κ3) is 4.60. The van der Waals surface area contributed by atoms with Crippen LogP contribution >= 0.6 is 0 Å². The monoisotopic (exact) mass is 288 g/mol. The molecule has 0 saturated heterocycles. The molecule has 1 rings (SSSR count). The first-order valence-electron chi connectivity index (χ1n) is 6.74. The van der Waals surface area contributed by atoms with Crippen molar-refractivity contribution in [3.05, 3.63) is 29.8 Å². The third-order valence-electron chi connectivity index (χ3n) is 3.42. The van der Waals surface area contributed by atoms with Crippen molar-refractivity contribution in [3.8, 4) is 11.8 Å². The first-order chi connectivity index (χ1) is 9.78. The lowest BCUT2D eigenvalue weighted by Crippen LogP contribution is -2.50. The predicted octanol–water partition coefficient (Wildman–Crippen LogP) is 2.32. The largest absolute Gasteiger partial charge is 0.484 e. The van der Waals surface area contributed by atoms with Crippen molar-refractivity contribution >= 4 is 11.7 Å². The standard InChI is InChI=1S/C16H20N2O3/c1-11(2)16(4,10-17)18-15(20)9-21-14-7-5-13(6-8-14)12(3)19/h5-8,11H,9H2,1-4H3,(H,18,20)/t16-/m0/s1. The molecule has 0 radical (unpaired) electrons. The normalized spacial score (nSPS) is 13.1. The Morgan fingerprint density at radius 1 is 1.33 bits per heavy atom. The number of rotatable bonds is 6. The average Bonchev–Trinajstić information content (AvgIpc) is 2.45. The summed E-state index contributed by atoms with van der Waals surface area (Å²) in [4.78, 5) is 23.0. The smallest absolute Gasteiger partial charge is 0.259 e. The molecule has 1 atom stereocenters. The van der Waals surface area contributed by atoms with Crippen molar-refractivity contribution in [2.45, 2.75) is 33.2 Å². The molecule has 0 saturated carbocycles. The van der Waals surface area contributed by atoms with E-state index in [4.69, 9.17) is 10.00 Å². The summed E-state index contributed by atoms with van der Waals surface area (Å²) in [5.74, 6) is 0.101. The molecule has 0 aromatic heterocycles. The van der Waals surface area contributed by atoms with Gasteiger partial charge >= 0.3 is 0 Å². The molecule has 5 nitrogen and oxygen atoms in total. The average molecular weight is 288 g/mol. The Morgan fingerprint density at radius 2 is 1.90 bits per heavy atom. The molecule has 0 spiro atoms. The van der Waals surface area contributed by atoms with Crippen LogP contribution < -0.4 is 10.1 Å². The molecular weight excluding hydrogens is 268 g/mol. The number of hydrogen-bond acceptors (Lipinski definition) is 4. The first-order valence-corrected chi connectivity index (χ1v) is 6.74. The fraction of sp³-hybridized carbons (Fsp3) is 0.438. The van der Waals surface area contributed by atoms with E-state index in [-0.39, 0.29) is 24.2 Å². The topological polar surface area (TPSA) is 79.2 Å². The molecule has 1 N–H and O–H groups in total. The van der Waals surface area contributed by atoms with E-state index in [0.717, 1.165) is 0 Å². The maximum atomic E-state index is 11.8. The molecule has 21 heavy (non-hydrogen) atoms. The minimum absolute atomic E-state index is 0.0127. The van der Waals surface area contributed by atoms with Crippen molar-refractivity contribution in [2.75, 3.05) is 6.61 Å². The summed E-state index contributed by atoms with van der Waals surface area (Å²) in [6, 6.07) is 8.66. The molecule has 1 aromatic carbocycles. The van der Waals surface area contributed by atoms with Gasteiger partial charge < -0.3 is 10.1 Å². The van der Waals surface area contributed by atoms with Crippen LogP contribution in [-0.4, -0.2) is 23.8 Å². The molecule has 0 bridgehead atoms. The van der Waals surface area contributed by atoms with Gasteiger partial charge in [-0.1, -0.05) is 13.8 Å². The summed E-state index contributed by atoms with van der Waals surface area (Å²) < 4.78 is 5.34. The molecular formula is C16H20N2O3. The number of nitrogens with one attached hydrogen (secondary N) is 1. The van der Waals surface area contributed by atoms with E-state index in [1.807, 2.05) is 13.8 Å². The second-order valence-electron chi connectivity index (χ2n) is 5.39. The Labute approximate surface area is 124 Å².